The van der Waals surface area contributed by atoms with Crippen molar-refractivity contribution in [3.8, 4) is 5.75 Å². The van der Waals surface area contributed by atoms with Gasteiger partial charge in [-0.15, -0.1) is 0 Å². The molecular formula is C18H15N3O5. The van der Waals surface area contributed by atoms with E-state index in [1.54, 1.807) is 0 Å². The molecule has 3 rings (SSSR count). The fourth-order valence-corrected chi connectivity index (χ4v) is 2.68. The Labute approximate surface area is 148 Å². The lowest BCUT2D eigenvalue weighted by Crippen LogP contribution is -2.30. The molecule has 0 aromatic heterocycles. The summed E-state index contributed by atoms with van der Waals surface area (Å²) in [5.41, 5.74) is 1.34. The van der Waals surface area contributed by atoms with Crippen molar-refractivity contribution in [2.75, 3.05) is 0 Å². The van der Waals surface area contributed by atoms with Crippen molar-refractivity contribution in [2.45, 2.75) is 13.5 Å². The van der Waals surface area contributed by atoms with E-state index in [0.717, 1.165) is 22.1 Å². The summed E-state index contributed by atoms with van der Waals surface area (Å²) in [7, 11) is 0. The van der Waals surface area contributed by atoms with Gasteiger partial charge in [0.15, 0.2) is 0 Å². The van der Waals surface area contributed by atoms with E-state index in [-0.39, 0.29) is 17.8 Å². The first-order chi connectivity index (χ1) is 12.4. The number of hydrogen-bond donors (Lipinski definition) is 2. The number of nitrogens with zero attached hydrogens (tertiary/aromatic N) is 2. The highest BCUT2D eigenvalue weighted by molar-refractivity contribution is 6.14. The Hall–Kier alpha value is -3.68. The quantitative estimate of drug-likeness (QED) is 0.380. The molecule has 0 atom stereocenters. The molecule has 0 radical (unpaired) electrons. The fourth-order valence-electron chi connectivity index (χ4n) is 2.68. The van der Waals surface area contributed by atoms with Gasteiger partial charge in [-0.25, -0.2) is 4.79 Å². The maximum atomic E-state index is 12.5. The third-order valence-corrected chi connectivity index (χ3v) is 3.93. The van der Waals surface area contributed by atoms with Gasteiger partial charge in [0.1, 0.15) is 5.70 Å². The van der Waals surface area contributed by atoms with Crippen molar-refractivity contribution in [3.63, 3.8) is 0 Å². The lowest BCUT2D eigenvalue weighted by Gasteiger charge is -2.12. The summed E-state index contributed by atoms with van der Waals surface area (Å²) < 4.78 is 0. The molecule has 1 saturated heterocycles. The second-order valence-electron chi connectivity index (χ2n) is 5.84. The van der Waals surface area contributed by atoms with Crippen LogP contribution in [0.25, 0.3) is 6.08 Å². The zero-order valence-corrected chi connectivity index (χ0v) is 13.8. The molecule has 0 bridgehead atoms. The molecule has 132 valence electrons. The number of nitro benzene ring substituents is 1. The van der Waals surface area contributed by atoms with E-state index in [9.17, 15) is 24.8 Å². The summed E-state index contributed by atoms with van der Waals surface area (Å²) in [6.07, 6.45) is 1.22. The van der Waals surface area contributed by atoms with E-state index in [1.807, 2.05) is 31.2 Å². The monoisotopic (exact) mass is 353 g/mol. The molecule has 0 saturated carbocycles. The highest BCUT2D eigenvalue weighted by Gasteiger charge is 2.33. The molecule has 8 heteroatoms. The predicted octanol–water partition coefficient (Wildman–Crippen LogP) is 2.70. The van der Waals surface area contributed by atoms with Gasteiger partial charge in [0, 0.05) is 11.6 Å². The van der Waals surface area contributed by atoms with E-state index in [0.29, 0.717) is 0 Å². The van der Waals surface area contributed by atoms with E-state index < -0.39 is 28.3 Å². The third kappa shape index (κ3) is 3.25. The number of carbonyl (C=O) groups excluding carboxylic acids is 2. The summed E-state index contributed by atoms with van der Waals surface area (Å²) in [4.78, 5) is 35.8. The van der Waals surface area contributed by atoms with Crippen LogP contribution >= 0.6 is 0 Å². The lowest BCUT2D eigenvalue weighted by atomic mass is 10.1. The van der Waals surface area contributed by atoms with Crippen LogP contribution in [0.15, 0.2) is 48.2 Å². The van der Waals surface area contributed by atoms with Crippen molar-refractivity contribution >= 4 is 23.7 Å². The zero-order chi connectivity index (χ0) is 18.8. The van der Waals surface area contributed by atoms with Gasteiger partial charge in [-0.2, -0.15) is 0 Å². The second kappa shape index (κ2) is 6.67. The van der Waals surface area contributed by atoms with Crippen LogP contribution in [0.5, 0.6) is 5.75 Å². The number of rotatable bonds is 4. The van der Waals surface area contributed by atoms with Crippen LogP contribution in [0, 0.1) is 17.0 Å². The maximum Gasteiger partial charge on any atom is 0.329 e. The van der Waals surface area contributed by atoms with Crippen molar-refractivity contribution < 1.29 is 19.6 Å². The molecule has 3 amide bonds. The minimum atomic E-state index is -0.726. The van der Waals surface area contributed by atoms with Gasteiger partial charge in [0.05, 0.1) is 11.5 Å². The number of para-hydroxylation sites is 1. The number of aromatic hydroxyl groups is 1. The largest absolute Gasteiger partial charge is 0.502 e. The topological polar surface area (TPSA) is 113 Å². The second-order valence-corrected chi connectivity index (χ2v) is 5.84. The molecule has 2 aromatic carbocycles. The predicted molar refractivity (Wildman–Crippen MR) is 93.0 cm³/mol. The minimum Gasteiger partial charge on any atom is -0.502 e. The number of benzene rings is 2. The van der Waals surface area contributed by atoms with Gasteiger partial charge >= 0.3 is 11.7 Å². The SMILES string of the molecule is Cc1cccc(CN2C(=O)N/C(=C/c3cccc([N+](=O)[O-])c3O)C2=O)c1. The molecule has 1 aliphatic rings. The molecule has 2 aromatic rings. The minimum absolute atomic E-state index is 0.0570. The highest BCUT2D eigenvalue weighted by Crippen LogP contribution is 2.31. The normalized spacial score (nSPS) is 15.4. The van der Waals surface area contributed by atoms with E-state index in [4.69, 9.17) is 0 Å². The van der Waals surface area contributed by atoms with Crippen molar-refractivity contribution in [1.29, 1.82) is 0 Å². The molecule has 1 heterocycles. The Balaban J connectivity index is 1.88. The number of urea groups is 1. The summed E-state index contributed by atoms with van der Waals surface area (Å²) >= 11 is 0. The molecule has 8 nitrogen and oxygen atoms in total. The molecule has 1 aliphatic heterocycles. The number of aryl methyl sites for hydroxylation is 1. The fraction of sp³-hybridized carbons (Fsp3) is 0.111. The summed E-state index contributed by atoms with van der Waals surface area (Å²) in [6.45, 7) is 2.01. The highest BCUT2D eigenvalue weighted by atomic mass is 16.6. The Morgan fingerprint density at radius 3 is 2.65 bits per heavy atom. The van der Waals surface area contributed by atoms with Gasteiger partial charge in [-0.3, -0.25) is 19.8 Å². The van der Waals surface area contributed by atoms with Crippen molar-refractivity contribution in [3.05, 3.63) is 75.0 Å². The van der Waals surface area contributed by atoms with Crippen molar-refractivity contribution in [2.24, 2.45) is 0 Å². The van der Waals surface area contributed by atoms with Crippen LogP contribution in [-0.4, -0.2) is 26.9 Å². The summed E-state index contributed by atoms with van der Waals surface area (Å²) in [5.74, 6) is -1.13. The molecule has 26 heavy (non-hydrogen) atoms. The number of carbonyl (C=O) groups is 2. The summed E-state index contributed by atoms with van der Waals surface area (Å²) in [5, 5.41) is 23.3. The van der Waals surface area contributed by atoms with Gasteiger partial charge < -0.3 is 10.4 Å². The van der Waals surface area contributed by atoms with Crippen molar-refractivity contribution in [1.82, 2.24) is 10.2 Å². The molecule has 2 N–H and O–H groups in total. The number of imide groups is 1. The number of phenolic OH excluding ortho intramolecular Hbond substituents is 1. The van der Waals surface area contributed by atoms with Gasteiger partial charge in [-0.1, -0.05) is 42.0 Å². The Morgan fingerprint density at radius 1 is 1.23 bits per heavy atom. The van der Waals surface area contributed by atoms with Crippen LogP contribution < -0.4 is 5.32 Å². The van der Waals surface area contributed by atoms with E-state index in [2.05, 4.69) is 5.32 Å². The Kier molecular flexibility index (Phi) is 4.40. The first-order valence-electron chi connectivity index (χ1n) is 7.73. The van der Waals surface area contributed by atoms with Gasteiger partial charge in [0.2, 0.25) is 5.75 Å². The number of amides is 3. The van der Waals surface area contributed by atoms with Crippen LogP contribution in [-0.2, 0) is 11.3 Å². The Morgan fingerprint density at radius 2 is 1.96 bits per heavy atom. The average Bonchev–Trinajstić information content (AvgIpc) is 2.84. The van der Waals surface area contributed by atoms with Gasteiger partial charge in [0.25, 0.3) is 5.91 Å². The van der Waals surface area contributed by atoms with E-state index in [1.165, 1.54) is 18.2 Å². The molecular weight excluding hydrogens is 338 g/mol. The average molecular weight is 353 g/mol. The van der Waals surface area contributed by atoms with Crippen LogP contribution in [0.2, 0.25) is 0 Å². The van der Waals surface area contributed by atoms with E-state index >= 15 is 0 Å². The molecule has 0 aliphatic carbocycles. The van der Waals surface area contributed by atoms with Crippen LogP contribution in [0.1, 0.15) is 16.7 Å². The standard InChI is InChI=1S/C18H15N3O5/c1-11-4-2-5-12(8-11)10-20-17(23)14(19-18(20)24)9-13-6-3-7-15(16(13)22)21(25)26/h2-9,22H,10H2,1H3,(H,19,24)/b14-9+. The number of nitro groups is 1. The molecule has 0 spiro atoms. The number of hydrogen-bond acceptors (Lipinski definition) is 5. The van der Waals surface area contributed by atoms with Crippen LogP contribution in [0.3, 0.4) is 0 Å². The third-order valence-electron chi connectivity index (χ3n) is 3.93. The lowest BCUT2D eigenvalue weighted by molar-refractivity contribution is -0.385. The zero-order valence-electron chi connectivity index (χ0n) is 13.8. The first-order valence-corrected chi connectivity index (χ1v) is 7.73. The molecule has 0 unspecified atom stereocenters. The maximum absolute atomic E-state index is 12.5. The van der Waals surface area contributed by atoms with Crippen LogP contribution in [0.4, 0.5) is 10.5 Å². The Bertz CT molecular complexity index is 952. The summed E-state index contributed by atoms with van der Waals surface area (Å²) in [6, 6.07) is 10.8. The smallest absolute Gasteiger partial charge is 0.329 e. The number of nitrogens with one attached hydrogen (secondary N) is 1. The number of phenols is 1. The van der Waals surface area contributed by atoms with Gasteiger partial charge in [-0.05, 0) is 18.6 Å². The first kappa shape index (κ1) is 17.2. The molecule has 1 fully saturated rings.